The summed E-state index contributed by atoms with van der Waals surface area (Å²) in [5.41, 5.74) is 3.09. The van der Waals surface area contributed by atoms with Crippen molar-refractivity contribution in [2.45, 2.75) is 17.9 Å². The molecule has 3 aromatic rings. The van der Waals surface area contributed by atoms with Crippen molar-refractivity contribution in [2.75, 3.05) is 15.4 Å². The SMILES string of the molecule is O=C1Cc2cc(S(=O)(=O)Nc3ccc(NCc4cccnc4)cn3)ccc2N1. The minimum atomic E-state index is -3.80. The van der Waals surface area contributed by atoms with Crippen LogP contribution in [0.25, 0.3) is 0 Å². The number of nitrogens with zero attached hydrogens (tertiary/aromatic N) is 2. The van der Waals surface area contributed by atoms with Gasteiger partial charge in [0, 0.05) is 24.6 Å². The van der Waals surface area contributed by atoms with E-state index in [4.69, 9.17) is 0 Å². The van der Waals surface area contributed by atoms with Crippen molar-refractivity contribution in [1.29, 1.82) is 0 Å². The second kappa shape index (κ2) is 7.28. The highest BCUT2D eigenvalue weighted by Gasteiger charge is 2.22. The summed E-state index contributed by atoms with van der Waals surface area (Å²) in [6.45, 7) is 0.586. The number of amides is 1. The summed E-state index contributed by atoms with van der Waals surface area (Å²) < 4.78 is 27.7. The van der Waals surface area contributed by atoms with E-state index >= 15 is 0 Å². The molecule has 1 aliphatic rings. The molecule has 28 heavy (non-hydrogen) atoms. The Morgan fingerprint density at radius 3 is 2.75 bits per heavy atom. The molecule has 0 spiro atoms. The van der Waals surface area contributed by atoms with Crippen molar-refractivity contribution in [3.05, 3.63) is 72.2 Å². The van der Waals surface area contributed by atoms with Crippen LogP contribution in [0.5, 0.6) is 0 Å². The summed E-state index contributed by atoms with van der Waals surface area (Å²) in [5.74, 6) is 0.0650. The number of hydrogen-bond donors (Lipinski definition) is 3. The molecule has 0 bridgehead atoms. The summed E-state index contributed by atoms with van der Waals surface area (Å²) in [6.07, 6.45) is 5.21. The smallest absolute Gasteiger partial charge is 0.263 e. The van der Waals surface area contributed by atoms with Crippen molar-refractivity contribution in [1.82, 2.24) is 9.97 Å². The zero-order valence-corrected chi connectivity index (χ0v) is 15.5. The molecule has 8 nitrogen and oxygen atoms in total. The number of sulfonamides is 1. The number of carbonyl (C=O) groups is 1. The number of rotatable bonds is 6. The number of carbonyl (C=O) groups excluding carboxylic acids is 1. The van der Waals surface area contributed by atoms with Gasteiger partial charge in [-0.3, -0.25) is 14.5 Å². The fraction of sp³-hybridized carbons (Fsp3) is 0.105. The van der Waals surface area contributed by atoms with Crippen LogP contribution in [0.4, 0.5) is 17.2 Å². The van der Waals surface area contributed by atoms with E-state index in [1.165, 1.54) is 12.1 Å². The molecule has 1 aliphatic heterocycles. The van der Waals surface area contributed by atoms with Crippen LogP contribution in [0, 0.1) is 0 Å². The maximum atomic E-state index is 12.6. The first-order valence-electron chi connectivity index (χ1n) is 8.54. The van der Waals surface area contributed by atoms with Crippen LogP contribution >= 0.6 is 0 Å². The van der Waals surface area contributed by atoms with Crippen molar-refractivity contribution in [2.24, 2.45) is 0 Å². The Morgan fingerprint density at radius 2 is 2.00 bits per heavy atom. The zero-order chi connectivity index (χ0) is 19.6. The lowest BCUT2D eigenvalue weighted by atomic mass is 10.2. The third-order valence-corrected chi connectivity index (χ3v) is 5.59. The van der Waals surface area contributed by atoms with E-state index in [0.717, 1.165) is 11.3 Å². The minimum absolute atomic E-state index is 0.0864. The van der Waals surface area contributed by atoms with Gasteiger partial charge in [-0.15, -0.1) is 0 Å². The molecule has 9 heteroatoms. The van der Waals surface area contributed by atoms with E-state index in [0.29, 0.717) is 17.8 Å². The maximum Gasteiger partial charge on any atom is 0.263 e. The first-order chi connectivity index (χ1) is 13.5. The molecule has 4 rings (SSSR count). The van der Waals surface area contributed by atoms with Crippen molar-refractivity contribution >= 4 is 33.1 Å². The molecule has 1 amide bonds. The summed E-state index contributed by atoms with van der Waals surface area (Å²) in [6, 6.07) is 11.7. The van der Waals surface area contributed by atoms with Crippen LogP contribution in [0.1, 0.15) is 11.1 Å². The fourth-order valence-corrected chi connectivity index (χ4v) is 3.89. The molecule has 2 aromatic heterocycles. The third-order valence-electron chi connectivity index (χ3n) is 4.23. The number of fused-ring (bicyclic) bond motifs is 1. The van der Waals surface area contributed by atoms with Gasteiger partial charge in [-0.1, -0.05) is 6.07 Å². The highest BCUT2D eigenvalue weighted by atomic mass is 32.2. The Balaban J connectivity index is 1.43. The number of hydrogen-bond acceptors (Lipinski definition) is 6. The van der Waals surface area contributed by atoms with Gasteiger partial charge in [-0.05, 0) is 47.5 Å². The molecule has 0 aliphatic carbocycles. The number of pyridine rings is 2. The van der Waals surface area contributed by atoms with Crippen LogP contribution in [-0.2, 0) is 27.8 Å². The highest BCUT2D eigenvalue weighted by Crippen LogP contribution is 2.26. The number of nitrogens with one attached hydrogen (secondary N) is 3. The first kappa shape index (κ1) is 17.9. The Labute approximate surface area is 162 Å². The largest absolute Gasteiger partial charge is 0.380 e. The summed E-state index contributed by atoms with van der Waals surface area (Å²) >= 11 is 0. The van der Waals surface area contributed by atoms with Crippen molar-refractivity contribution < 1.29 is 13.2 Å². The Kier molecular flexibility index (Phi) is 4.66. The van der Waals surface area contributed by atoms with Gasteiger partial charge in [0.2, 0.25) is 5.91 Å². The van der Waals surface area contributed by atoms with Gasteiger partial charge in [0.25, 0.3) is 10.0 Å². The average Bonchev–Trinajstić information content (AvgIpc) is 3.07. The Hall–Kier alpha value is -3.46. The molecule has 0 atom stereocenters. The molecule has 142 valence electrons. The lowest BCUT2D eigenvalue weighted by Gasteiger charge is -2.10. The second-order valence-electron chi connectivity index (χ2n) is 6.30. The van der Waals surface area contributed by atoms with Gasteiger partial charge in [-0.2, -0.15) is 0 Å². The molecular formula is C19H17N5O3S. The highest BCUT2D eigenvalue weighted by molar-refractivity contribution is 7.92. The molecule has 0 saturated heterocycles. The maximum absolute atomic E-state index is 12.6. The van der Waals surface area contributed by atoms with Gasteiger partial charge in [0.1, 0.15) is 5.82 Å². The quantitative estimate of drug-likeness (QED) is 0.591. The summed E-state index contributed by atoms with van der Waals surface area (Å²) in [4.78, 5) is 19.7. The van der Waals surface area contributed by atoms with E-state index < -0.39 is 10.0 Å². The first-order valence-corrected chi connectivity index (χ1v) is 10.0. The molecule has 0 saturated carbocycles. The normalized spacial score (nSPS) is 12.9. The van der Waals surface area contributed by atoms with Crippen LogP contribution in [-0.4, -0.2) is 24.3 Å². The van der Waals surface area contributed by atoms with Crippen LogP contribution in [0.15, 0.2) is 66.0 Å². The monoisotopic (exact) mass is 395 g/mol. The van der Waals surface area contributed by atoms with Crippen molar-refractivity contribution in [3.63, 3.8) is 0 Å². The lowest BCUT2D eigenvalue weighted by Crippen LogP contribution is -2.14. The molecular weight excluding hydrogens is 378 g/mol. The second-order valence-corrected chi connectivity index (χ2v) is 7.98. The molecule has 3 N–H and O–H groups in total. The van der Waals surface area contributed by atoms with Crippen molar-refractivity contribution in [3.8, 4) is 0 Å². The molecule has 0 fully saturated rings. The van der Waals surface area contributed by atoms with Crippen LogP contribution in [0.3, 0.4) is 0 Å². The number of aromatic nitrogens is 2. The van der Waals surface area contributed by atoms with E-state index in [1.807, 2.05) is 12.1 Å². The van der Waals surface area contributed by atoms with Crippen LogP contribution in [0.2, 0.25) is 0 Å². The lowest BCUT2D eigenvalue weighted by molar-refractivity contribution is -0.115. The standard InChI is InChI=1S/C19H17N5O3S/c25-19-9-14-8-16(4-5-17(14)23-19)28(26,27)24-18-6-3-15(12-22-18)21-11-13-2-1-7-20-10-13/h1-8,10,12,21H,9,11H2,(H,22,24)(H,23,25). The average molecular weight is 395 g/mol. The van der Waals surface area contributed by atoms with E-state index in [1.54, 1.807) is 36.8 Å². The predicted octanol–water partition coefficient (Wildman–Crippen LogP) is 2.38. The van der Waals surface area contributed by atoms with E-state index in [-0.39, 0.29) is 23.0 Å². The van der Waals surface area contributed by atoms with Crippen LogP contribution < -0.4 is 15.4 Å². The van der Waals surface area contributed by atoms with Gasteiger partial charge < -0.3 is 10.6 Å². The fourth-order valence-electron chi connectivity index (χ4n) is 2.84. The Bertz CT molecular complexity index is 1120. The van der Waals surface area contributed by atoms with E-state index in [2.05, 4.69) is 25.3 Å². The molecule has 0 unspecified atom stereocenters. The molecule has 1 aromatic carbocycles. The number of benzene rings is 1. The third kappa shape index (κ3) is 3.94. The van der Waals surface area contributed by atoms with Gasteiger partial charge in [-0.25, -0.2) is 13.4 Å². The van der Waals surface area contributed by atoms with Gasteiger partial charge in [0.05, 0.1) is 23.2 Å². The summed E-state index contributed by atoms with van der Waals surface area (Å²) in [5, 5.41) is 5.87. The number of anilines is 3. The predicted molar refractivity (Wildman–Crippen MR) is 105 cm³/mol. The molecule has 0 radical (unpaired) electrons. The zero-order valence-electron chi connectivity index (χ0n) is 14.7. The minimum Gasteiger partial charge on any atom is -0.380 e. The van der Waals surface area contributed by atoms with E-state index in [9.17, 15) is 13.2 Å². The topological polar surface area (TPSA) is 113 Å². The Morgan fingerprint density at radius 1 is 1.11 bits per heavy atom. The van der Waals surface area contributed by atoms with Gasteiger partial charge >= 0.3 is 0 Å². The summed E-state index contributed by atoms with van der Waals surface area (Å²) in [7, 11) is -3.80. The van der Waals surface area contributed by atoms with Gasteiger partial charge in [0.15, 0.2) is 0 Å². The molecule has 3 heterocycles.